The molecule has 0 fully saturated rings. The van der Waals surface area contributed by atoms with Crippen LogP contribution in [0.25, 0.3) is 11.3 Å². The summed E-state index contributed by atoms with van der Waals surface area (Å²) < 4.78 is 5.51. The highest BCUT2D eigenvalue weighted by Crippen LogP contribution is 2.33. The fourth-order valence-corrected chi connectivity index (χ4v) is 3.47. The van der Waals surface area contributed by atoms with Gasteiger partial charge in [0.15, 0.2) is 5.76 Å². The van der Waals surface area contributed by atoms with E-state index in [-0.39, 0.29) is 22.8 Å². The summed E-state index contributed by atoms with van der Waals surface area (Å²) >= 11 is 1.31. The quantitative estimate of drug-likeness (QED) is 0.533. The molecule has 7 nitrogen and oxygen atoms in total. The first kappa shape index (κ1) is 17.4. The first-order chi connectivity index (χ1) is 12.4. The molecule has 1 N–H and O–H groups in total. The van der Waals surface area contributed by atoms with Crippen molar-refractivity contribution in [1.82, 2.24) is 0 Å². The molecule has 8 heteroatoms. The molecule has 1 aromatic carbocycles. The van der Waals surface area contributed by atoms with Crippen LogP contribution in [0.3, 0.4) is 0 Å². The third kappa shape index (κ3) is 3.08. The van der Waals surface area contributed by atoms with Crippen LogP contribution in [0.4, 0.5) is 10.7 Å². The van der Waals surface area contributed by atoms with E-state index in [0.29, 0.717) is 10.6 Å². The molecule has 1 amide bonds. The van der Waals surface area contributed by atoms with Gasteiger partial charge in [0.1, 0.15) is 16.8 Å². The maximum Gasteiger partial charge on any atom is 0.292 e. The molecule has 0 saturated carbocycles. The number of nitrogens with zero attached hydrogens (tertiary/aromatic N) is 2. The van der Waals surface area contributed by atoms with Gasteiger partial charge in [-0.3, -0.25) is 14.9 Å². The summed E-state index contributed by atoms with van der Waals surface area (Å²) in [5, 5.41) is 23.5. The molecule has 130 valence electrons. The molecule has 0 saturated heterocycles. The van der Waals surface area contributed by atoms with Gasteiger partial charge in [0.2, 0.25) is 0 Å². The molecule has 2 aromatic heterocycles. The van der Waals surface area contributed by atoms with Gasteiger partial charge in [0.25, 0.3) is 11.6 Å². The predicted molar refractivity (Wildman–Crippen MR) is 97.3 cm³/mol. The van der Waals surface area contributed by atoms with E-state index < -0.39 is 10.8 Å². The van der Waals surface area contributed by atoms with Gasteiger partial charge in [-0.15, -0.1) is 11.3 Å². The highest BCUT2D eigenvalue weighted by molar-refractivity contribution is 7.16. The normalized spacial score (nSPS) is 10.3. The number of rotatable bonds is 4. The van der Waals surface area contributed by atoms with E-state index in [9.17, 15) is 20.2 Å². The SMILES string of the molecule is Cc1sc(NC(=O)c2ccc(-c3ccccc3[N+](=O)[O-])o2)c(C#N)c1C. The Kier molecular flexibility index (Phi) is 4.56. The summed E-state index contributed by atoms with van der Waals surface area (Å²) in [6.07, 6.45) is 0. The average Bonchev–Trinajstić information content (AvgIpc) is 3.21. The molecular weight excluding hydrogens is 354 g/mol. The third-order valence-electron chi connectivity index (χ3n) is 3.92. The molecule has 3 aromatic rings. The summed E-state index contributed by atoms with van der Waals surface area (Å²) in [6, 6.07) is 11.2. The summed E-state index contributed by atoms with van der Waals surface area (Å²) in [6.45, 7) is 3.69. The number of thiophene rings is 1. The minimum atomic E-state index is -0.521. The van der Waals surface area contributed by atoms with Crippen molar-refractivity contribution in [1.29, 1.82) is 5.26 Å². The molecule has 0 atom stereocenters. The second-order valence-electron chi connectivity index (χ2n) is 5.49. The van der Waals surface area contributed by atoms with Gasteiger partial charge in [-0.05, 0) is 37.6 Å². The van der Waals surface area contributed by atoms with Gasteiger partial charge in [-0.25, -0.2) is 0 Å². The summed E-state index contributed by atoms with van der Waals surface area (Å²) in [5.74, 6) is -0.292. The zero-order valence-electron chi connectivity index (χ0n) is 13.9. The molecule has 26 heavy (non-hydrogen) atoms. The van der Waals surface area contributed by atoms with E-state index >= 15 is 0 Å². The zero-order chi connectivity index (χ0) is 18.8. The molecule has 3 rings (SSSR count). The lowest BCUT2D eigenvalue weighted by atomic mass is 10.1. The Balaban J connectivity index is 1.89. The van der Waals surface area contributed by atoms with Crippen LogP contribution in [-0.2, 0) is 0 Å². The molecule has 0 aliphatic carbocycles. The highest BCUT2D eigenvalue weighted by atomic mass is 32.1. The Bertz CT molecular complexity index is 1060. The number of hydrogen-bond donors (Lipinski definition) is 1. The number of carbonyl (C=O) groups is 1. The summed E-state index contributed by atoms with van der Waals surface area (Å²) in [5.41, 5.74) is 1.43. The van der Waals surface area contributed by atoms with Crippen molar-refractivity contribution in [2.75, 3.05) is 5.32 Å². The van der Waals surface area contributed by atoms with Crippen molar-refractivity contribution < 1.29 is 14.1 Å². The molecule has 0 aliphatic rings. The molecule has 0 aliphatic heterocycles. The van der Waals surface area contributed by atoms with Crippen molar-refractivity contribution in [3.63, 3.8) is 0 Å². The number of furan rings is 1. The van der Waals surface area contributed by atoms with Gasteiger partial charge in [-0.1, -0.05) is 12.1 Å². The van der Waals surface area contributed by atoms with Crippen molar-refractivity contribution >= 4 is 27.9 Å². The Morgan fingerprint density at radius 1 is 1.27 bits per heavy atom. The second kappa shape index (κ2) is 6.82. The van der Waals surface area contributed by atoms with Crippen molar-refractivity contribution in [2.24, 2.45) is 0 Å². The molecular formula is C18H13N3O4S. The molecule has 0 radical (unpaired) electrons. The Morgan fingerprint density at radius 2 is 2.00 bits per heavy atom. The lowest BCUT2D eigenvalue weighted by Gasteiger charge is -2.01. The smallest absolute Gasteiger partial charge is 0.292 e. The van der Waals surface area contributed by atoms with Crippen molar-refractivity contribution in [2.45, 2.75) is 13.8 Å². The monoisotopic (exact) mass is 367 g/mol. The van der Waals surface area contributed by atoms with Crippen LogP contribution in [0, 0.1) is 35.3 Å². The molecule has 2 heterocycles. The largest absolute Gasteiger partial charge is 0.451 e. The first-order valence-electron chi connectivity index (χ1n) is 7.57. The number of nitro benzene ring substituents is 1. The molecule has 0 spiro atoms. The number of nitro groups is 1. The van der Waals surface area contributed by atoms with Crippen LogP contribution in [0.2, 0.25) is 0 Å². The van der Waals surface area contributed by atoms with Crippen LogP contribution in [-0.4, -0.2) is 10.8 Å². The van der Waals surface area contributed by atoms with E-state index in [1.807, 2.05) is 13.8 Å². The van der Waals surface area contributed by atoms with Gasteiger partial charge >= 0.3 is 0 Å². The van der Waals surface area contributed by atoms with Crippen LogP contribution in [0.5, 0.6) is 0 Å². The van der Waals surface area contributed by atoms with Gasteiger partial charge in [0, 0.05) is 10.9 Å². The van der Waals surface area contributed by atoms with E-state index in [4.69, 9.17) is 4.42 Å². The minimum absolute atomic E-state index is 0.00532. The summed E-state index contributed by atoms with van der Waals surface area (Å²) in [7, 11) is 0. The van der Waals surface area contributed by atoms with Crippen LogP contribution in [0.1, 0.15) is 26.6 Å². The average molecular weight is 367 g/mol. The summed E-state index contributed by atoms with van der Waals surface area (Å²) in [4.78, 5) is 24.0. The first-order valence-corrected chi connectivity index (χ1v) is 8.39. The number of benzene rings is 1. The predicted octanol–water partition coefficient (Wildman–Crippen LogP) is 4.66. The Morgan fingerprint density at radius 3 is 2.69 bits per heavy atom. The number of nitrogens with one attached hydrogen (secondary N) is 1. The van der Waals surface area contributed by atoms with Crippen LogP contribution >= 0.6 is 11.3 Å². The molecule has 0 bridgehead atoms. The maximum absolute atomic E-state index is 12.4. The topological polar surface area (TPSA) is 109 Å². The van der Waals surface area contributed by atoms with Crippen LogP contribution in [0.15, 0.2) is 40.8 Å². The van der Waals surface area contributed by atoms with Gasteiger partial charge in [0.05, 0.1) is 16.1 Å². The lowest BCUT2D eigenvalue weighted by Crippen LogP contribution is -2.10. The number of nitriles is 1. The third-order valence-corrected chi connectivity index (χ3v) is 5.04. The number of anilines is 1. The van der Waals surface area contributed by atoms with Crippen LogP contribution < -0.4 is 5.32 Å². The number of aryl methyl sites for hydroxylation is 1. The Hall–Kier alpha value is -3.44. The van der Waals surface area contributed by atoms with Crippen molar-refractivity contribution in [3.05, 3.63) is 68.3 Å². The Labute approximate surface area is 152 Å². The number of amides is 1. The van der Waals surface area contributed by atoms with Crippen molar-refractivity contribution in [3.8, 4) is 17.4 Å². The number of para-hydroxylation sites is 1. The van der Waals surface area contributed by atoms with E-state index in [1.54, 1.807) is 18.2 Å². The standard InChI is InChI=1S/C18H13N3O4S/c1-10-11(2)26-18(13(10)9-19)20-17(22)16-8-7-15(25-16)12-5-3-4-6-14(12)21(23)24/h3-8H,1-2H3,(H,20,22). The zero-order valence-corrected chi connectivity index (χ0v) is 14.7. The molecule has 0 unspecified atom stereocenters. The van der Waals surface area contributed by atoms with E-state index in [2.05, 4.69) is 11.4 Å². The maximum atomic E-state index is 12.4. The highest BCUT2D eigenvalue weighted by Gasteiger charge is 2.21. The van der Waals surface area contributed by atoms with E-state index in [0.717, 1.165) is 10.4 Å². The van der Waals surface area contributed by atoms with Gasteiger partial charge in [-0.2, -0.15) is 5.26 Å². The second-order valence-corrected chi connectivity index (χ2v) is 6.72. The lowest BCUT2D eigenvalue weighted by molar-refractivity contribution is -0.384. The van der Waals surface area contributed by atoms with Gasteiger partial charge < -0.3 is 9.73 Å². The number of carbonyl (C=O) groups excluding carboxylic acids is 1. The number of hydrogen-bond acceptors (Lipinski definition) is 6. The minimum Gasteiger partial charge on any atom is -0.451 e. The fraction of sp³-hybridized carbons (Fsp3) is 0.111. The fourth-order valence-electron chi connectivity index (χ4n) is 2.46. The van der Waals surface area contributed by atoms with E-state index in [1.165, 1.54) is 29.5 Å².